The average Bonchev–Trinajstić information content (AvgIpc) is 2.85. The molecular weight excluding hydrogens is 488 g/mol. The molecule has 21 heteroatoms. The molecule has 3 unspecified atom stereocenters. The molecule has 17 nitrogen and oxygen atoms in total. The molecule has 31 heavy (non-hydrogen) atoms. The second-order valence-corrected chi connectivity index (χ2v) is 10.0. The monoisotopic (exact) mass is 504 g/mol. The van der Waals surface area contributed by atoms with Crippen molar-refractivity contribution in [3.8, 4) is 0 Å². The van der Waals surface area contributed by atoms with Gasteiger partial charge in [0.2, 0.25) is 0 Å². The first-order chi connectivity index (χ1) is 13.6. The van der Waals surface area contributed by atoms with Gasteiger partial charge in [0.15, 0.2) is 6.23 Å². The molecule has 2 rings (SSSR count). The average molecular weight is 504 g/mol. The summed E-state index contributed by atoms with van der Waals surface area (Å²) in [7, 11) is -15.9. The standard InChI is InChI=1S/C10H17N2O15P3.Li/c1-23-8-7(14)5(25-9(8)12-3-2-6(13)11-10(12)15)4-24-29(19,20)27-30(21,22)26-28(16,17)18;/h2-3,5,7-9,14H,4H2,1H3,(H,19,20)(H,21,22)(H,11,13,15)(H2,16,17,18);/q;+1/p-1/t5-,7-,8-,9-;/m1./s1. The molecule has 1 aromatic heterocycles. The van der Waals surface area contributed by atoms with Crippen molar-refractivity contribution >= 4 is 23.5 Å². The molecule has 0 saturated carbocycles. The first kappa shape index (κ1) is 28.6. The maximum absolute atomic E-state index is 11.9. The Morgan fingerprint density at radius 2 is 1.81 bits per heavy atom. The van der Waals surface area contributed by atoms with Gasteiger partial charge in [0, 0.05) is 19.4 Å². The number of aliphatic hydroxyl groups excluding tert-OH is 1. The van der Waals surface area contributed by atoms with Crippen LogP contribution in [0.4, 0.5) is 0 Å². The fourth-order valence-electron chi connectivity index (χ4n) is 2.43. The number of phosphoric ester groups is 1. The van der Waals surface area contributed by atoms with Gasteiger partial charge in [-0.1, -0.05) is 0 Å². The number of rotatable bonds is 9. The van der Waals surface area contributed by atoms with Crippen LogP contribution in [-0.2, 0) is 36.3 Å². The Hall–Kier alpha value is -0.433. The van der Waals surface area contributed by atoms with E-state index in [1.54, 1.807) is 0 Å². The Kier molecular flexibility index (Phi) is 9.84. The van der Waals surface area contributed by atoms with Crippen LogP contribution < -0.4 is 35.0 Å². The molecule has 0 aromatic carbocycles. The van der Waals surface area contributed by atoms with Gasteiger partial charge in [-0.05, 0) is 0 Å². The summed E-state index contributed by atoms with van der Waals surface area (Å²) in [6, 6.07) is 0.984. The summed E-state index contributed by atoms with van der Waals surface area (Å²) >= 11 is 0. The molecule has 1 fully saturated rings. The van der Waals surface area contributed by atoms with E-state index < -0.39 is 65.9 Å². The van der Waals surface area contributed by atoms with Crippen LogP contribution in [0.3, 0.4) is 0 Å². The number of aliphatic hydroxyl groups is 1. The second kappa shape index (κ2) is 10.7. The molecule has 0 amide bonds. The van der Waals surface area contributed by atoms with E-state index in [9.17, 15) is 38.2 Å². The summed E-state index contributed by atoms with van der Waals surface area (Å²) in [5.74, 6) is 0. The van der Waals surface area contributed by atoms with Crippen molar-refractivity contribution in [3.63, 3.8) is 0 Å². The molecule has 0 aliphatic carbocycles. The van der Waals surface area contributed by atoms with E-state index in [4.69, 9.17) is 19.3 Å². The Bertz CT molecular complexity index is 1020. The van der Waals surface area contributed by atoms with Crippen molar-refractivity contribution < 1.29 is 79.9 Å². The molecule has 0 radical (unpaired) electrons. The maximum atomic E-state index is 11.9. The van der Waals surface area contributed by atoms with Crippen molar-refractivity contribution in [3.05, 3.63) is 33.1 Å². The summed E-state index contributed by atoms with van der Waals surface area (Å²) in [5.41, 5.74) is -1.62. The Balaban J connectivity index is 0.00000480. The van der Waals surface area contributed by atoms with Gasteiger partial charge < -0.3 is 34.2 Å². The molecule has 0 bridgehead atoms. The van der Waals surface area contributed by atoms with E-state index in [2.05, 4.69) is 13.1 Å². The van der Waals surface area contributed by atoms with Crippen LogP contribution in [-0.4, -0.2) is 61.4 Å². The number of nitrogens with zero attached hydrogens (tertiary/aromatic N) is 1. The van der Waals surface area contributed by atoms with E-state index in [0.717, 1.165) is 23.9 Å². The van der Waals surface area contributed by atoms with Crippen LogP contribution >= 0.6 is 23.5 Å². The van der Waals surface area contributed by atoms with Crippen LogP contribution in [0.5, 0.6) is 0 Å². The zero-order valence-corrected chi connectivity index (χ0v) is 18.4. The Morgan fingerprint density at radius 3 is 2.32 bits per heavy atom. The third kappa shape index (κ3) is 8.13. The van der Waals surface area contributed by atoms with Gasteiger partial charge >= 0.3 is 40.2 Å². The minimum Gasteiger partial charge on any atom is -0.756 e. The Morgan fingerprint density at radius 1 is 1.19 bits per heavy atom. The number of aromatic amines is 1. The van der Waals surface area contributed by atoms with Gasteiger partial charge in [0.1, 0.15) is 18.3 Å². The SMILES string of the molecule is CO[C@@H]1[C@H](O)[C@@H](COP(=O)(O)OP(=O)(O)OP(=O)([O-])O)O[C@H]1n1ccc(=O)[nH]c1=O.[Li+]. The fourth-order valence-corrected chi connectivity index (χ4v) is 5.43. The number of ether oxygens (including phenoxy) is 2. The molecule has 1 aromatic rings. The van der Waals surface area contributed by atoms with Crippen LogP contribution in [0.2, 0.25) is 0 Å². The zero-order chi connectivity index (χ0) is 22.9. The van der Waals surface area contributed by atoms with Gasteiger partial charge in [-0.3, -0.25) is 23.4 Å². The number of hydrogen-bond donors (Lipinski definition) is 5. The molecule has 1 aliphatic rings. The molecule has 1 saturated heterocycles. The van der Waals surface area contributed by atoms with Crippen LogP contribution in [0.1, 0.15) is 6.23 Å². The molecule has 1 aliphatic heterocycles. The Labute approximate surface area is 184 Å². The molecular formula is C10H16LiN2O15P3. The van der Waals surface area contributed by atoms with Crippen LogP contribution in [0.15, 0.2) is 21.9 Å². The number of H-pyrrole nitrogens is 1. The summed E-state index contributed by atoms with van der Waals surface area (Å²) in [6.07, 6.45) is -4.49. The predicted molar refractivity (Wildman–Crippen MR) is 89.6 cm³/mol. The number of nitrogens with one attached hydrogen (secondary N) is 1. The van der Waals surface area contributed by atoms with Crippen molar-refractivity contribution in [2.45, 2.75) is 24.5 Å². The van der Waals surface area contributed by atoms with Gasteiger partial charge in [-0.25, -0.2) is 18.2 Å². The van der Waals surface area contributed by atoms with E-state index in [-0.39, 0.29) is 18.9 Å². The normalized spacial score (nSPS) is 29.4. The number of hydrogen-bond acceptors (Lipinski definition) is 12. The van der Waals surface area contributed by atoms with Crippen molar-refractivity contribution in [2.24, 2.45) is 0 Å². The van der Waals surface area contributed by atoms with E-state index in [0.29, 0.717) is 0 Å². The molecule has 2 heterocycles. The minimum absolute atomic E-state index is 0. The number of methoxy groups -OCH3 is 1. The second-order valence-electron chi connectivity index (χ2n) is 5.64. The number of aromatic nitrogens is 2. The quantitative estimate of drug-likeness (QED) is 0.155. The maximum Gasteiger partial charge on any atom is 1.00 e. The van der Waals surface area contributed by atoms with Crippen molar-refractivity contribution in [2.75, 3.05) is 13.7 Å². The van der Waals surface area contributed by atoms with Crippen LogP contribution in [0, 0.1) is 0 Å². The van der Waals surface area contributed by atoms with Gasteiger partial charge in [-0.15, -0.1) is 0 Å². The zero-order valence-electron chi connectivity index (χ0n) is 15.7. The topological polar surface area (TPSA) is 256 Å². The van der Waals surface area contributed by atoms with E-state index >= 15 is 0 Å². The van der Waals surface area contributed by atoms with E-state index in [1.165, 1.54) is 0 Å². The van der Waals surface area contributed by atoms with Crippen LogP contribution in [0.25, 0.3) is 0 Å². The third-order valence-corrected chi connectivity index (χ3v) is 7.30. The largest absolute Gasteiger partial charge is 1.00 e. The first-order valence-corrected chi connectivity index (χ1v) is 12.1. The van der Waals surface area contributed by atoms with Crippen molar-refractivity contribution in [1.29, 1.82) is 0 Å². The summed E-state index contributed by atoms with van der Waals surface area (Å²) in [5, 5.41) is 10.2. The smallest absolute Gasteiger partial charge is 0.756 e. The summed E-state index contributed by atoms with van der Waals surface area (Å²) < 4.78 is 56.0. The molecule has 172 valence electrons. The summed E-state index contributed by atoms with van der Waals surface area (Å²) in [6.45, 7) is -0.975. The van der Waals surface area contributed by atoms with Gasteiger partial charge in [0.25, 0.3) is 13.4 Å². The molecule has 7 atom stereocenters. The molecule has 5 N–H and O–H groups in total. The van der Waals surface area contributed by atoms with Gasteiger partial charge in [-0.2, -0.15) is 4.31 Å². The van der Waals surface area contributed by atoms with Crippen molar-refractivity contribution in [1.82, 2.24) is 9.55 Å². The minimum atomic E-state index is -5.80. The fraction of sp³-hybridized carbons (Fsp3) is 0.600. The molecule has 0 spiro atoms. The third-order valence-electron chi connectivity index (χ3n) is 3.52. The number of phosphoric acid groups is 3. The summed E-state index contributed by atoms with van der Waals surface area (Å²) in [4.78, 5) is 62.3. The van der Waals surface area contributed by atoms with E-state index in [1.807, 2.05) is 4.98 Å². The first-order valence-electron chi connectivity index (χ1n) is 7.58. The van der Waals surface area contributed by atoms with Gasteiger partial charge in [0.05, 0.1) is 6.61 Å². The predicted octanol–water partition coefficient (Wildman–Crippen LogP) is -5.47.